The van der Waals surface area contributed by atoms with Crippen LogP contribution in [-0.2, 0) is 24.3 Å². The zero-order valence-electron chi connectivity index (χ0n) is 10.5. The number of nitrogens with zero attached hydrogens (tertiary/aromatic N) is 2. The number of hydrogen-bond acceptors (Lipinski definition) is 3. The molecule has 4 nitrogen and oxygen atoms in total. The summed E-state index contributed by atoms with van der Waals surface area (Å²) in [7, 11) is 1.73. The Morgan fingerprint density at radius 1 is 1.39 bits per heavy atom. The molecule has 1 aliphatic rings. The van der Waals surface area contributed by atoms with Gasteiger partial charge in [0.25, 0.3) is 0 Å². The van der Waals surface area contributed by atoms with Crippen LogP contribution in [0.2, 0.25) is 0 Å². The van der Waals surface area contributed by atoms with Gasteiger partial charge in [0.15, 0.2) is 0 Å². The lowest BCUT2D eigenvalue weighted by molar-refractivity contribution is 0.184. The molecule has 1 aromatic carbocycles. The Hall–Kier alpha value is -1.65. The number of para-hydroxylation sites is 1. The van der Waals surface area contributed by atoms with E-state index in [1.165, 1.54) is 16.9 Å². The first kappa shape index (κ1) is 11.4. The van der Waals surface area contributed by atoms with Crippen molar-refractivity contribution in [1.29, 1.82) is 0 Å². The second-order valence-corrected chi connectivity index (χ2v) is 4.50. The normalized spacial score (nSPS) is 14.5. The fraction of sp³-hybridized carbons (Fsp3) is 0.357. The van der Waals surface area contributed by atoms with Crippen LogP contribution in [0.5, 0.6) is 0 Å². The summed E-state index contributed by atoms with van der Waals surface area (Å²) in [4.78, 5) is 4.49. The molecule has 1 aliphatic heterocycles. The van der Waals surface area contributed by atoms with Gasteiger partial charge in [-0.25, -0.2) is 4.98 Å². The number of fused-ring (bicyclic) bond motifs is 1. The van der Waals surface area contributed by atoms with Crippen LogP contribution in [-0.4, -0.2) is 23.2 Å². The molecule has 94 valence electrons. The van der Waals surface area contributed by atoms with E-state index < -0.39 is 0 Å². The zero-order valence-corrected chi connectivity index (χ0v) is 10.5. The number of ether oxygens (including phenoxy) is 1. The van der Waals surface area contributed by atoms with Gasteiger partial charge in [-0.1, -0.05) is 18.2 Å². The number of imidazole rings is 1. The lowest BCUT2D eigenvalue weighted by atomic mass is 10.1. The predicted octanol–water partition coefficient (Wildman–Crippen LogP) is 1.66. The maximum Gasteiger partial charge on any atom is 0.0998 e. The molecule has 0 amide bonds. The Balaban J connectivity index is 2.07. The van der Waals surface area contributed by atoms with Gasteiger partial charge in [-0.05, 0) is 6.07 Å². The molecule has 0 saturated heterocycles. The van der Waals surface area contributed by atoms with Crippen molar-refractivity contribution in [2.75, 3.05) is 13.7 Å². The number of hydrogen-bond donors (Lipinski definition) is 1. The minimum Gasteiger partial charge on any atom is -0.380 e. The fourth-order valence-corrected chi connectivity index (χ4v) is 2.47. The van der Waals surface area contributed by atoms with Crippen LogP contribution in [0.4, 0.5) is 0 Å². The molecular formula is C14H17N3O. The third-order valence-electron chi connectivity index (χ3n) is 3.33. The molecule has 4 heteroatoms. The summed E-state index contributed by atoms with van der Waals surface area (Å²) >= 11 is 0. The highest BCUT2D eigenvalue weighted by Gasteiger charge is 2.16. The first-order valence-electron chi connectivity index (χ1n) is 6.23. The molecule has 0 aliphatic carbocycles. The molecule has 1 N–H and O–H groups in total. The zero-order chi connectivity index (χ0) is 12.4. The van der Waals surface area contributed by atoms with Crippen molar-refractivity contribution in [2.24, 2.45) is 0 Å². The Kier molecular flexibility index (Phi) is 3.13. The third kappa shape index (κ3) is 1.94. The summed E-state index contributed by atoms with van der Waals surface area (Å²) in [6.45, 7) is 2.52. The van der Waals surface area contributed by atoms with Gasteiger partial charge in [-0.15, -0.1) is 0 Å². The van der Waals surface area contributed by atoms with Gasteiger partial charge in [0.05, 0.1) is 24.3 Å². The largest absolute Gasteiger partial charge is 0.380 e. The summed E-state index contributed by atoms with van der Waals surface area (Å²) in [5.74, 6) is 0. The Bertz CT molecular complexity index is 548. The molecule has 0 atom stereocenters. The monoisotopic (exact) mass is 243 g/mol. The van der Waals surface area contributed by atoms with Gasteiger partial charge in [0, 0.05) is 37.9 Å². The van der Waals surface area contributed by atoms with Crippen LogP contribution >= 0.6 is 0 Å². The quantitative estimate of drug-likeness (QED) is 0.891. The first-order valence-corrected chi connectivity index (χ1v) is 6.23. The summed E-state index contributed by atoms with van der Waals surface area (Å²) in [5, 5.41) is 3.34. The highest BCUT2D eigenvalue weighted by Crippen LogP contribution is 2.21. The maximum absolute atomic E-state index is 5.26. The van der Waals surface area contributed by atoms with E-state index in [-0.39, 0.29) is 0 Å². The van der Waals surface area contributed by atoms with E-state index in [0.29, 0.717) is 6.61 Å². The van der Waals surface area contributed by atoms with Gasteiger partial charge in [-0.2, -0.15) is 0 Å². The smallest absolute Gasteiger partial charge is 0.0998 e. The minimum absolute atomic E-state index is 0.626. The molecule has 0 saturated carbocycles. The third-order valence-corrected chi connectivity index (χ3v) is 3.33. The van der Waals surface area contributed by atoms with Crippen LogP contribution in [0, 0.1) is 0 Å². The van der Waals surface area contributed by atoms with Gasteiger partial charge >= 0.3 is 0 Å². The van der Waals surface area contributed by atoms with Crippen LogP contribution in [0.25, 0.3) is 5.69 Å². The van der Waals surface area contributed by atoms with E-state index in [1.54, 1.807) is 7.11 Å². The van der Waals surface area contributed by atoms with E-state index in [9.17, 15) is 0 Å². The molecule has 1 aromatic heterocycles. The molecule has 0 spiro atoms. The van der Waals surface area contributed by atoms with E-state index in [1.807, 2.05) is 12.4 Å². The van der Waals surface area contributed by atoms with Crippen LogP contribution in [0.3, 0.4) is 0 Å². The number of benzene rings is 1. The summed E-state index contributed by atoms with van der Waals surface area (Å²) in [6.07, 6.45) is 2.95. The summed E-state index contributed by atoms with van der Waals surface area (Å²) < 4.78 is 7.46. The van der Waals surface area contributed by atoms with E-state index in [2.05, 4.69) is 33.1 Å². The standard InChI is InChI=1S/C14H17N3O/c1-18-9-11-4-2-3-5-13(11)17-10-16-12-8-15-7-6-14(12)17/h2-5,10,15H,6-9H2,1H3. The Morgan fingerprint density at radius 3 is 3.17 bits per heavy atom. The number of methoxy groups -OCH3 is 1. The maximum atomic E-state index is 5.26. The average Bonchev–Trinajstić information content (AvgIpc) is 2.84. The van der Waals surface area contributed by atoms with Crippen molar-refractivity contribution < 1.29 is 4.74 Å². The highest BCUT2D eigenvalue weighted by atomic mass is 16.5. The molecule has 18 heavy (non-hydrogen) atoms. The van der Waals surface area contributed by atoms with Crippen LogP contribution in [0.15, 0.2) is 30.6 Å². The lowest BCUT2D eigenvalue weighted by Crippen LogP contribution is -2.24. The molecule has 0 fully saturated rings. The van der Waals surface area contributed by atoms with Crippen molar-refractivity contribution >= 4 is 0 Å². The first-order chi connectivity index (χ1) is 8.90. The van der Waals surface area contributed by atoms with E-state index in [4.69, 9.17) is 4.74 Å². The van der Waals surface area contributed by atoms with Crippen molar-refractivity contribution in [3.05, 3.63) is 47.5 Å². The number of rotatable bonds is 3. The molecule has 0 radical (unpaired) electrons. The second kappa shape index (κ2) is 4.92. The van der Waals surface area contributed by atoms with Gasteiger partial charge in [0.2, 0.25) is 0 Å². The van der Waals surface area contributed by atoms with Gasteiger partial charge in [0.1, 0.15) is 0 Å². The highest BCUT2D eigenvalue weighted by molar-refractivity contribution is 5.43. The summed E-state index contributed by atoms with van der Waals surface area (Å²) in [6, 6.07) is 8.33. The molecule has 0 unspecified atom stereocenters. The molecule has 3 rings (SSSR count). The van der Waals surface area contributed by atoms with Crippen LogP contribution in [0.1, 0.15) is 17.0 Å². The van der Waals surface area contributed by atoms with Crippen molar-refractivity contribution in [3.8, 4) is 5.69 Å². The number of aromatic nitrogens is 2. The fourth-order valence-electron chi connectivity index (χ4n) is 2.47. The van der Waals surface area contributed by atoms with E-state index in [0.717, 1.165) is 25.2 Å². The lowest BCUT2D eigenvalue weighted by Gasteiger charge is -2.17. The van der Waals surface area contributed by atoms with Crippen molar-refractivity contribution in [3.63, 3.8) is 0 Å². The van der Waals surface area contributed by atoms with Gasteiger partial charge < -0.3 is 14.6 Å². The van der Waals surface area contributed by atoms with Crippen LogP contribution < -0.4 is 5.32 Å². The van der Waals surface area contributed by atoms with Crippen molar-refractivity contribution in [2.45, 2.75) is 19.6 Å². The average molecular weight is 243 g/mol. The Morgan fingerprint density at radius 2 is 2.28 bits per heavy atom. The minimum atomic E-state index is 0.626. The topological polar surface area (TPSA) is 39.1 Å². The van der Waals surface area contributed by atoms with E-state index >= 15 is 0 Å². The molecule has 2 heterocycles. The van der Waals surface area contributed by atoms with Gasteiger partial charge in [-0.3, -0.25) is 0 Å². The molecule has 0 bridgehead atoms. The summed E-state index contributed by atoms with van der Waals surface area (Å²) in [5.41, 5.74) is 4.85. The second-order valence-electron chi connectivity index (χ2n) is 4.50. The predicted molar refractivity (Wildman–Crippen MR) is 69.7 cm³/mol. The number of nitrogens with one attached hydrogen (secondary N) is 1. The SMILES string of the molecule is COCc1ccccc1-n1cnc2c1CCNC2. The molecule has 2 aromatic rings. The Labute approximate surface area is 107 Å². The molecular weight excluding hydrogens is 226 g/mol. The van der Waals surface area contributed by atoms with Crippen molar-refractivity contribution in [1.82, 2.24) is 14.9 Å².